The maximum atomic E-state index is 10.3. The van der Waals surface area contributed by atoms with E-state index in [4.69, 9.17) is 0 Å². The van der Waals surface area contributed by atoms with Crippen LogP contribution in [0.2, 0.25) is 0 Å². The first-order chi connectivity index (χ1) is 12.7. The van der Waals surface area contributed by atoms with Gasteiger partial charge in [-0.2, -0.15) is 10.1 Å². The van der Waals surface area contributed by atoms with Crippen molar-refractivity contribution in [3.05, 3.63) is 66.1 Å². The number of fused-ring (bicyclic) bond motifs is 1. The third kappa shape index (κ3) is 3.35. The third-order valence-electron chi connectivity index (χ3n) is 4.00. The van der Waals surface area contributed by atoms with Crippen molar-refractivity contribution >= 4 is 23.2 Å². The van der Waals surface area contributed by atoms with Crippen LogP contribution in [0.25, 0.3) is 5.65 Å². The van der Waals surface area contributed by atoms with Gasteiger partial charge in [0, 0.05) is 36.8 Å². The van der Waals surface area contributed by atoms with Crippen LogP contribution in [-0.4, -0.2) is 36.2 Å². The summed E-state index contributed by atoms with van der Waals surface area (Å²) in [7, 11) is 0. The molecule has 4 N–H and O–H groups in total. The Balaban J connectivity index is 1.55. The van der Waals surface area contributed by atoms with Crippen molar-refractivity contribution in [3.63, 3.8) is 0 Å². The van der Waals surface area contributed by atoms with E-state index < -0.39 is 6.10 Å². The summed E-state index contributed by atoms with van der Waals surface area (Å²) in [5.74, 6) is 1.88. The van der Waals surface area contributed by atoms with Crippen molar-refractivity contribution in [2.24, 2.45) is 0 Å². The fourth-order valence-electron chi connectivity index (χ4n) is 2.69. The van der Waals surface area contributed by atoms with E-state index in [-0.39, 0.29) is 0 Å². The molecule has 1 atom stereocenters. The highest BCUT2D eigenvalue weighted by atomic mass is 16.3. The normalized spacial score (nSPS) is 12.2. The van der Waals surface area contributed by atoms with Crippen molar-refractivity contribution in [1.82, 2.24) is 24.6 Å². The van der Waals surface area contributed by atoms with Crippen LogP contribution >= 0.6 is 0 Å². The zero-order valence-electron chi connectivity index (χ0n) is 14.2. The van der Waals surface area contributed by atoms with Gasteiger partial charge in [0.25, 0.3) is 0 Å². The maximum absolute atomic E-state index is 10.3. The fraction of sp³-hybridized carbons (Fsp3) is 0.167. The monoisotopic (exact) mass is 349 g/mol. The predicted molar refractivity (Wildman–Crippen MR) is 99.5 cm³/mol. The lowest BCUT2D eigenvalue weighted by atomic mass is 10.1. The molecule has 4 aromatic rings. The first-order valence-corrected chi connectivity index (χ1v) is 8.29. The molecule has 1 aromatic carbocycles. The fourth-order valence-corrected chi connectivity index (χ4v) is 2.69. The van der Waals surface area contributed by atoms with E-state index in [1.54, 1.807) is 6.20 Å². The van der Waals surface area contributed by atoms with E-state index in [2.05, 4.69) is 30.8 Å². The zero-order chi connectivity index (χ0) is 17.9. The van der Waals surface area contributed by atoms with Gasteiger partial charge in [-0.1, -0.05) is 30.3 Å². The molecule has 0 aliphatic heterocycles. The number of rotatable bonds is 6. The Morgan fingerprint density at radius 3 is 2.81 bits per heavy atom. The lowest BCUT2D eigenvalue weighted by Crippen LogP contribution is -2.14. The van der Waals surface area contributed by atoms with Crippen LogP contribution in [0, 0.1) is 6.92 Å². The second kappa shape index (κ2) is 6.85. The zero-order valence-corrected chi connectivity index (χ0v) is 14.2. The number of aliphatic hydroxyl groups excluding tert-OH is 1. The molecule has 8 nitrogen and oxygen atoms in total. The third-order valence-corrected chi connectivity index (χ3v) is 4.00. The summed E-state index contributed by atoms with van der Waals surface area (Å²) in [6, 6.07) is 13.2. The highest BCUT2D eigenvalue weighted by Gasteiger charge is 2.11. The number of hydrogen-bond donors (Lipinski definition) is 4. The molecule has 4 rings (SSSR count). The molecular weight excluding hydrogens is 330 g/mol. The summed E-state index contributed by atoms with van der Waals surface area (Å²) in [6.07, 6.45) is 2.91. The number of aryl methyl sites for hydroxylation is 1. The van der Waals surface area contributed by atoms with E-state index >= 15 is 0 Å². The number of nitrogens with zero attached hydrogens (tertiary/aromatic N) is 4. The molecule has 26 heavy (non-hydrogen) atoms. The number of imidazole rings is 1. The minimum Gasteiger partial charge on any atom is -0.387 e. The van der Waals surface area contributed by atoms with Crippen molar-refractivity contribution in [2.45, 2.75) is 13.0 Å². The van der Waals surface area contributed by atoms with E-state index in [9.17, 15) is 5.11 Å². The maximum Gasteiger partial charge on any atom is 0.216 e. The van der Waals surface area contributed by atoms with Crippen LogP contribution in [0.1, 0.15) is 17.4 Å². The van der Waals surface area contributed by atoms with E-state index in [1.807, 2.05) is 60.0 Å². The molecule has 0 amide bonds. The minimum atomic E-state index is -0.626. The Hall–Kier alpha value is -3.39. The van der Waals surface area contributed by atoms with E-state index in [0.29, 0.717) is 24.1 Å². The largest absolute Gasteiger partial charge is 0.387 e. The van der Waals surface area contributed by atoms with Gasteiger partial charge in [0.2, 0.25) is 5.95 Å². The Kier molecular flexibility index (Phi) is 4.24. The average molecular weight is 349 g/mol. The molecule has 0 radical (unpaired) electrons. The van der Waals surface area contributed by atoms with Crippen LogP contribution < -0.4 is 10.6 Å². The van der Waals surface area contributed by atoms with Gasteiger partial charge in [-0.3, -0.25) is 9.50 Å². The summed E-state index contributed by atoms with van der Waals surface area (Å²) < 4.78 is 1.84. The Morgan fingerprint density at radius 2 is 2.04 bits per heavy atom. The van der Waals surface area contributed by atoms with Crippen molar-refractivity contribution in [1.29, 1.82) is 0 Å². The molecular formula is C18H19N7O. The van der Waals surface area contributed by atoms with Crippen LogP contribution in [0.4, 0.5) is 17.6 Å². The van der Waals surface area contributed by atoms with Gasteiger partial charge in [0.15, 0.2) is 5.82 Å². The molecule has 0 saturated heterocycles. The number of aromatic amines is 1. The molecule has 0 aliphatic rings. The molecule has 0 aliphatic carbocycles. The SMILES string of the molecule is Cc1cc(Nc2nc(NC[C@@H](O)c3ccccc3)cc3nccn23)n[nH]1. The van der Waals surface area contributed by atoms with Gasteiger partial charge >= 0.3 is 0 Å². The lowest BCUT2D eigenvalue weighted by molar-refractivity contribution is 0.191. The Bertz CT molecular complexity index is 1010. The molecule has 0 unspecified atom stereocenters. The number of aliphatic hydroxyl groups is 1. The molecule has 0 spiro atoms. The topological polar surface area (TPSA) is 103 Å². The summed E-state index contributed by atoms with van der Waals surface area (Å²) in [6.45, 7) is 2.27. The highest BCUT2D eigenvalue weighted by Crippen LogP contribution is 2.19. The Labute approximate surface area is 149 Å². The number of anilines is 3. The van der Waals surface area contributed by atoms with Crippen LogP contribution in [0.15, 0.2) is 54.9 Å². The summed E-state index contributed by atoms with van der Waals surface area (Å²) in [4.78, 5) is 8.90. The second-order valence-electron chi connectivity index (χ2n) is 5.99. The number of H-pyrrole nitrogens is 1. The number of nitrogens with one attached hydrogen (secondary N) is 3. The Morgan fingerprint density at radius 1 is 1.19 bits per heavy atom. The second-order valence-corrected chi connectivity index (χ2v) is 5.99. The summed E-state index contributed by atoms with van der Waals surface area (Å²) >= 11 is 0. The first-order valence-electron chi connectivity index (χ1n) is 8.29. The van der Waals surface area contributed by atoms with E-state index in [0.717, 1.165) is 16.9 Å². The van der Waals surface area contributed by atoms with Crippen LogP contribution in [-0.2, 0) is 0 Å². The molecule has 8 heteroatoms. The predicted octanol–water partition coefficient (Wildman–Crippen LogP) is 2.65. The highest BCUT2D eigenvalue weighted by molar-refractivity contribution is 5.59. The van der Waals surface area contributed by atoms with Gasteiger partial charge in [-0.05, 0) is 12.5 Å². The van der Waals surface area contributed by atoms with Gasteiger partial charge in [-0.25, -0.2) is 4.98 Å². The smallest absolute Gasteiger partial charge is 0.216 e. The molecule has 3 heterocycles. The number of aromatic nitrogens is 5. The van der Waals surface area contributed by atoms with Crippen molar-refractivity contribution in [3.8, 4) is 0 Å². The summed E-state index contributed by atoms with van der Waals surface area (Å²) in [5, 5.41) is 23.7. The first kappa shape index (κ1) is 16.1. The molecule has 0 bridgehead atoms. The molecule has 132 valence electrons. The quantitative estimate of drug-likeness (QED) is 0.427. The molecule has 0 saturated carbocycles. The van der Waals surface area contributed by atoms with Crippen molar-refractivity contribution in [2.75, 3.05) is 17.2 Å². The van der Waals surface area contributed by atoms with E-state index in [1.165, 1.54) is 0 Å². The van der Waals surface area contributed by atoms with Gasteiger partial charge in [0.05, 0.1) is 6.10 Å². The van der Waals surface area contributed by atoms with Gasteiger partial charge < -0.3 is 15.7 Å². The van der Waals surface area contributed by atoms with Gasteiger partial charge in [0.1, 0.15) is 11.5 Å². The van der Waals surface area contributed by atoms with Gasteiger partial charge in [-0.15, -0.1) is 0 Å². The molecule has 3 aromatic heterocycles. The van der Waals surface area contributed by atoms with Crippen molar-refractivity contribution < 1.29 is 5.11 Å². The lowest BCUT2D eigenvalue weighted by Gasteiger charge is -2.14. The average Bonchev–Trinajstić information content (AvgIpc) is 3.29. The van der Waals surface area contributed by atoms with Crippen LogP contribution in [0.3, 0.4) is 0 Å². The number of benzene rings is 1. The molecule has 0 fully saturated rings. The minimum absolute atomic E-state index is 0.342. The number of hydrogen-bond acceptors (Lipinski definition) is 6. The summed E-state index contributed by atoms with van der Waals surface area (Å²) in [5.41, 5.74) is 2.55. The standard InChI is InChI=1S/C18H19N7O/c1-12-9-16(24-23-12)22-18-21-15(10-17-19-7-8-25(17)18)20-11-14(26)13-5-3-2-4-6-13/h2-10,14,20,26H,11H2,1H3,(H2,21,22,23,24)/t14-/m1/s1. The van der Waals surface area contributed by atoms with Crippen LogP contribution in [0.5, 0.6) is 0 Å².